The molecule has 2 amide bonds. The molecular weight excluding hydrogens is 444 g/mol. The fraction of sp³-hybridized carbons (Fsp3) is 0.250. The van der Waals surface area contributed by atoms with Crippen molar-refractivity contribution in [3.63, 3.8) is 0 Å². The second-order valence-corrected chi connectivity index (χ2v) is 8.58. The van der Waals surface area contributed by atoms with E-state index in [-0.39, 0.29) is 23.7 Å². The van der Waals surface area contributed by atoms with Crippen LogP contribution in [0, 0.1) is 5.92 Å². The summed E-state index contributed by atoms with van der Waals surface area (Å²) in [7, 11) is 1.58. The van der Waals surface area contributed by atoms with Gasteiger partial charge in [-0.25, -0.2) is 9.79 Å². The zero-order chi connectivity index (χ0) is 24.8. The van der Waals surface area contributed by atoms with Crippen LogP contribution in [-0.2, 0) is 17.6 Å². The lowest BCUT2D eigenvalue weighted by Crippen LogP contribution is -2.44. The minimum atomic E-state index is -0.602. The number of aryl methyl sites for hydroxylation is 2. The molecule has 1 aliphatic heterocycles. The number of amides is 2. The molecule has 4 rings (SSSR count). The van der Waals surface area contributed by atoms with Crippen molar-refractivity contribution in [1.29, 1.82) is 0 Å². The van der Waals surface area contributed by atoms with E-state index in [0.29, 0.717) is 30.7 Å². The van der Waals surface area contributed by atoms with E-state index in [2.05, 4.69) is 10.3 Å². The van der Waals surface area contributed by atoms with Crippen molar-refractivity contribution in [3.8, 4) is 17.2 Å². The Balaban J connectivity index is 1.59. The highest BCUT2D eigenvalue weighted by Gasteiger charge is 2.37. The molecule has 7 heteroatoms. The molecule has 35 heavy (non-hydrogen) atoms. The lowest BCUT2D eigenvalue weighted by molar-refractivity contribution is -0.121. The molecule has 1 heterocycles. The van der Waals surface area contributed by atoms with Crippen molar-refractivity contribution in [2.45, 2.75) is 31.7 Å². The Hall–Kier alpha value is -4.13. The van der Waals surface area contributed by atoms with Gasteiger partial charge in [0.1, 0.15) is 23.0 Å². The van der Waals surface area contributed by atoms with E-state index in [1.807, 2.05) is 24.3 Å². The topological polar surface area (TPSA) is 108 Å². The largest absolute Gasteiger partial charge is 0.508 e. The number of phenolic OH excluding ortho intramolecular Hbond substituents is 2. The van der Waals surface area contributed by atoms with Gasteiger partial charge in [0.15, 0.2) is 0 Å². The van der Waals surface area contributed by atoms with Crippen LogP contribution in [-0.4, -0.2) is 34.8 Å². The summed E-state index contributed by atoms with van der Waals surface area (Å²) in [5.41, 5.74) is 3.28. The first-order valence-corrected chi connectivity index (χ1v) is 11.5. The SMILES string of the molecule is COc1ccc(C2NC(=O)N=C(CCc3ccc(O)cc3)C2C(=O)CCc2ccc(O)cc2)cc1. The summed E-state index contributed by atoms with van der Waals surface area (Å²) in [5, 5.41) is 22.0. The van der Waals surface area contributed by atoms with Gasteiger partial charge in [0.2, 0.25) is 0 Å². The molecule has 0 spiro atoms. The Bertz CT molecular complexity index is 1200. The zero-order valence-corrected chi connectivity index (χ0v) is 19.5. The highest BCUT2D eigenvalue weighted by molar-refractivity contribution is 6.11. The Morgan fingerprint density at radius 1 is 0.857 bits per heavy atom. The fourth-order valence-electron chi connectivity index (χ4n) is 4.33. The lowest BCUT2D eigenvalue weighted by Gasteiger charge is -2.32. The maximum atomic E-state index is 13.6. The van der Waals surface area contributed by atoms with E-state index in [4.69, 9.17) is 4.74 Å². The van der Waals surface area contributed by atoms with Crippen molar-refractivity contribution in [1.82, 2.24) is 5.32 Å². The molecule has 1 aliphatic rings. The van der Waals surface area contributed by atoms with Gasteiger partial charge >= 0.3 is 6.03 Å². The third kappa shape index (κ3) is 6.06. The van der Waals surface area contributed by atoms with Gasteiger partial charge in [-0.05, 0) is 72.4 Å². The summed E-state index contributed by atoms with van der Waals surface area (Å²) < 4.78 is 5.25. The predicted octanol–water partition coefficient (Wildman–Crippen LogP) is 4.76. The fourth-order valence-corrected chi connectivity index (χ4v) is 4.33. The highest BCUT2D eigenvalue weighted by Crippen LogP contribution is 2.32. The normalized spacial score (nSPS) is 17.4. The Labute approximate surface area is 204 Å². The number of phenols is 2. The number of benzene rings is 3. The van der Waals surface area contributed by atoms with E-state index < -0.39 is 18.0 Å². The number of nitrogens with one attached hydrogen (secondary N) is 1. The minimum absolute atomic E-state index is 0.0108. The van der Waals surface area contributed by atoms with Crippen LogP contribution in [0.15, 0.2) is 77.8 Å². The number of Topliss-reactive ketones (excluding diaryl/α,β-unsaturated/α-hetero) is 1. The molecule has 7 nitrogen and oxygen atoms in total. The van der Waals surface area contributed by atoms with Crippen LogP contribution >= 0.6 is 0 Å². The molecule has 0 aliphatic carbocycles. The summed E-state index contributed by atoms with van der Waals surface area (Å²) in [4.78, 5) is 30.3. The first kappa shape index (κ1) is 24.0. The molecule has 2 unspecified atom stereocenters. The number of ketones is 1. The maximum absolute atomic E-state index is 13.6. The molecule has 0 radical (unpaired) electrons. The molecule has 2 atom stereocenters. The zero-order valence-electron chi connectivity index (χ0n) is 19.5. The number of rotatable bonds is 9. The van der Waals surface area contributed by atoms with Crippen LogP contribution in [0.5, 0.6) is 17.2 Å². The monoisotopic (exact) mass is 472 g/mol. The van der Waals surface area contributed by atoms with Gasteiger partial charge in [0.05, 0.1) is 19.1 Å². The summed E-state index contributed by atoms with van der Waals surface area (Å²) >= 11 is 0. The van der Waals surface area contributed by atoms with Gasteiger partial charge in [-0.15, -0.1) is 0 Å². The van der Waals surface area contributed by atoms with Gasteiger partial charge in [0.25, 0.3) is 0 Å². The summed E-state index contributed by atoms with van der Waals surface area (Å²) in [6.07, 6.45) is 1.82. The number of carbonyl (C=O) groups excluding carboxylic acids is 2. The van der Waals surface area contributed by atoms with Gasteiger partial charge in [-0.3, -0.25) is 4.79 Å². The van der Waals surface area contributed by atoms with Crippen molar-refractivity contribution in [2.75, 3.05) is 7.11 Å². The molecule has 0 saturated carbocycles. The average Bonchev–Trinajstić information content (AvgIpc) is 2.87. The van der Waals surface area contributed by atoms with Crippen molar-refractivity contribution in [2.24, 2.45) is 10.9 Å². The third-order valence-corrected chi connectivity index (χ3v) is 6.24. The molecule has 0 bridgehead atoms. The Kier molecular flexibility index (Phi) is 7.45. The van der Waals surface area contributed by atoms with E-state index in [0.717, 1.165) is 16.7 Å². The number of hydrogen-bond donors (Lipinski definition) is 3. The van der Waals surface area contributed by atoms with E-state index in [9.17, 15) is 19.8 Å². The number of hydrogen-bond acceptors (Lipinski definition) is 5. The summed E-state index contributed by atoms with van der Waals surface area (Å²) in [5.74, 6) is 0.439. The molecule has 180 valence electrons. The van der Waals surface area contributed by atoms with Gasteiger partial charge in [-0.2, -0.15) is 0 Å². The van der Waals surface area contributed by atoms with Crippen molar-refractivity contribution < 1.29 is 24.5 Å². The molecule has 0 aromatic heterocycles. The molecular formula is C28H28N2O5. The average molecular weight is 473 g/mol. The van der Waals surface area contributed by atoms with E-state index in [1.165, 1.54) is 0 Å². The maximum Gasteiger partial charge on any atom is 0.341 e. The van der Waals surface area contributed by atoms with Crippen LogP contribution in [0.4, 0.5) is 4.79 Å². The Morgan fingerprint density at radius 2 is 1.43 bits per heavy atom. The number of methoxy groups -OCH3 is 1. The van der Waals surface area contributed by atoms with E-state index >= 15 is 0 Å². The van der Waals surface area contributed by atoms with E-state index in [1.54, 1.807) is 55.6 Å². The number of carbonyl (C=O) groups is 2. The minimum Gasteiger partial charge on any atom is -0.508 e. The van der Waals surface area contributed by atoms with Crippen LogP contribution in [0.3, 0.4) is 0 Å². The molecule has 3 aromatic rings. The molecule has 3 N–H and O–H groups in total. The number of aliphatic imine (C=N–C) groups is 1. The van der Waals surface area contributed by atoms with Crippen LogP contribution in [0.2, 0.25) is 0 Å². The number of urea groups is 1. The van der Waals surface area contributed by atoms with Crippen molar-refractivity contribution >= 4 is 17.5 Å². The van der Waals surface area contributed by atoms with Gasteiger partial charge in [-0.1, -0.05) is 36.4 Å². The molecule has 3 aromatic carbocycles. The number of nitrogens with zero attached hydrogens (tertiary/aromatic N) is 1. The highest BCUT2D eigenvalue weighted by atomic mass is 16.5. The van der Waals surface area contributed by atoms with Crippen LogP contribution in [0.1, 0.15) is 35.6 Å². The Morgan fingerprint density at radius 3 is 2.00 bits per heavy atom. The first-order chi connectivity index (χ1) is 16.9. The van der Waals surface area contributed by atoms with Gasteiger partial charge in [0, 0.05) is 12.1 Å². The van der Waals surface area contributed by atoms with Crippen molar-refractivity contribution in [3.05, 3.63) is 89.5 Å². The smallest absolute Gasteiger partial charge is 0.341 e. The standard InChI is InChI=1S/C28H28N2O5/c1-35-23-14-8-20(9-15-23)27-26(25(33)17-7-19-4-12-22(32)13-5-19)24(29-28(34)30-27)16-6-18-2-10-21(31)11-3-18/h2-5,8-15,26-27,31-32H,6-7,16-17H2,1H3,(H,30,34). The first-order valence-electron chi connectivity index (χ1n) is 11.5. The van der Waals surface area contributed by atoms with Crippen LogP contribution < -0.4 is 10.1 Å². The van der Waals surface area contributed by atoms with Gasteiger partial charge < -0.3 is 20.3 Å². The van der Waals surface area contributed by atoms with Crippen LogP contribution in [0.25, 0.3) is 0 Å². The lowest BCUT2D eigenvalue weighted by atomic mass is 9.81. The molecule has 0 fully saturated rings. The number of ether oxygens (including phenoxy) is 1. The molecule has 0 saturated heterocycles. The second kappa shape index (κ2) is 10.9. The second-order valence-electron chi connectivity index (χ2n) is 8.58. The summed E-state index contributed by atoms with van der Waals surface area (Å²) in [6, 6.07) is 20.0. The third-order valence-electron chi connectivity index (χ3n) is 6.24. The predicted molar refractivity (Wildman–Crippen MR) is 133 cm³/mol. The quantitative estimate of drug-likeness (QED) is 0.416. The summed E-state index contributed by atoms with van der Waals surface area (Å²) in [6.45, 7) is 0. The number of aromatic hydroxyl groups is 2.